The molecule has 24 heavy (non-hydrogen) atoms. The van der Waals surface area contributed by atoms with E-state index in [1.54, 1.807) is 11.8 Å². The van der Waals surface area contributed by atoms with Gasteiger partial charge >= 0.3 is 0 Å². The first-order chi connectivity index (χ1) is 11.6. The standard InChI is InChI=1S/C18H17BrClNO2S/c1-2-9-23-16-8-3-12(10-15(16)19)18-21(17(22)11-24-18)14-6-4-13(20)5-7-14/h3-8,10,18H,2,9,11H2,1H3/t18-/m1/s1. The molecule has 0 bridgehead atoms. The van der Waals surface area contributed by atoms with Crippen molar-refractivity contribution in [2.75, 3.05) is 17.3 Å². The topological polar surface area (TPSA) is 29.5 Å². The van der Waals surface area contributed by atoms with Gasteiger partial charge in [-0.1, -0.05) is 24.6 Å². The number of anilines is 1. The van der Waals surface area contributed by atoms with Crippen molar-refractivity contribution in [2.24, 2.45) is 0 Å². The molecule has 1 heterocycles. The Kier molecular flexibility index (Phi) is 5.74. The third-order valence-corrected chi connectivity index (χ3v) is 5.76. The van der Waals surface area contributed by atoms with Gasteiger partial charge < -0.3 is 4.74 Å². The summed E-state index contributed by atoms with van der Waals surface area (Å²) >= 11 is 11.2. The summed E-state index contributed by atoms with van der Waals surface area (Å²) in [5.41, 5.74) is 1.93. The SMILES string of the molecule is CCCOc1ccc([C@H]2SCC(=O)N2c2ccc(Cl)cc2)cc1Br. The summed E-state index contributed by atoms with van der Waals surface area (Å²) in [7, 11) is 0. The largest absolute Gasteiger partial charge is 0.492 e. The van der Waals surface area contributed by atoms with Crippen LogP contribution in [0.25, 0.3) is 0 Å². The Hall–Kier alpha value is -1.17. The minimum Gasteiger partial charge on any atom is -0.492 e. The molecule has 6 heteroatoms. The van der Waals surface area contributed by atoms with Gasteiger partial charge in [-0.25, -0.2) is 0 Å². The Morgan fingerprint density at radius 2 is 2.04 bits per heavy atom. The summed E-state index contributed by atoms with van der Waals surface area (Å²) in [5, 5.41) is 0.616. The average Bonchev–Trinajstić information content (AvgIpc) is 2.96. The molecule has 1 amide bonds. The Morgan fingerprint density at radius 3 is 2.71 bits per heavy atom. The Balaban J connectivity index is 1.88. The number of amides is 1. The van der Waals surface area contributed by atoms with Crippen LogP contribution in [0, 0.1) is 0 Å². The van der Waals surface area contributed by atoms with Gasteiger partial charge in [0.1, 0.15) is 11.1 Å². The van der Waals surface area contributed by atoms with E-state index in [4.69, 9.17) is 16.3 Å². The van der Waals surface area contributed by atoms with Gasteiger partial charge in [-0.3, -0.25) is 9.69 Å². The molecule has 0 aliphatic carbocycles. The van der Waals surface area contributed by atoms with Crippen molar-refractivity contribution in [2.45, 2.75) is 18.7 Å². The summed E-state index contributed by atoms with van der Waals surface area (Å²) in [6.45, 7) is 2.76. The van der Waals surface area contributed by atoms with E-state index in [0.717, 1.165) is 27.9 Å². The highest BCUT2D eigenvalue weighted by atomic mass is 79.9. The Labute approximate surface area is 159 Å². The van der Waals surface area contributed by atoms with Crippen molar-refractivity contribution < 1.29 is 9.53 Å². The third-order valence-electron chi connectivity index (χ3n) is 3.68. The second-order valence-corrected chi connectivity index (χ2v) is 7.80. The fourth-order valence-corrected chi connectivity index (χ4v) is 4.36. The first-order valence-corrected chi connectivity index (χ1v) is 9.93. The van der Waals surface area contributed by atoms with Gasteiger partial charge in [0.25, 0.3) is 0 Å². The lowest BCUT2D eigenvalue weighted by Crippen LogP contribution is -2.27. The molecule has 1 saturated heterocycles. The second kappa shape index (κ2) is 7.81. The number of halogens is 2. The van der Waals surface area contributed by atoms with Crippen LogP contribution in [-0.2, 0) is 4.79 Å². The quantitative estimate of drug-likeness (QED) is 0.617. The number of rotatable bonds is 5. The minimum absolute atomic E-state index is 0.0461. The summed E-state index contributed by atoms with van der Waals surface area (Å²) < 4.78 is 6.61. The lowest BCUT2D eigenvalue weighted by molar-refractivity contribution is -0.115. The molecule has 3 nitrogen and oxygen atoms in total. The maximum atomic E-state index is 12.4. The number of nitrogens with zero attached hydrogens (tertiary/aromatic N) is 1. The molecule has 1 aliphatic rings. The zero-order valence-corrected chi connectivity index (χ0v) is 16.3. The number of carbonyl (C=O) groups excluding carboxylic acids is 1. The zero-order valence-electron chi connectivity index (χ0n) is 13.2. The van der Waals surface area contributed by atoms with Gasteiger partial charge in [0.2, 0.25) is 5.91 Å². The van der Waals surface area contributed by atoms with Gasteiger partial charge in [0.05, 0.1) is 16.8 Å². The van der Waals surface area contributed by atoms with Crippen LogP contribution >= 0.6 is 39.3 Å². The monoisotopic (exact) mass is 425 g/mol. The van der Waals surface area contributed by atoms with Crippen LogP contribution in [0.15, 0.2) is 46.9 Å². The third kappa shape index (κ3) is 3.73. The first kappa shape index (κ1) is 17.6. The fraction of sp³-hybridized carbons (Fsp3) is 0.278. The van der Waals surface area contributed by atoms with Crippen molar-refractivity contribution >= 4 is 50.9 Å². The lowest BCUT2D eigenvalue weighted by Gasteiger charge is -2.25. The predicted octanol–water partition coefficient (Wildman–Crippen LogP) is 5.67. The highest BCUT2D eigenvalue weighted by Crippen LogP contribution is 2.43. The molecule has 126 valence electrons. The molecule has 2 aromatic carbocycles. The number of carbonyl (C=O) groups is 1. The van der Waals surface area contributed by atoms with E-state index in [1.807, 2.05) is 47.4 Å². The van der Waals surface area contributed by atoms with Crippen molar-refractivity contribution in [3.8, 4) is 5.75 Å². The van der Waals surface area contributed by atoms with Gasteiger partial charge in [0.15, 0.2) is 0 Å². The number of hydrogen-bond acceptors (Lipinski definition) is 3. The van der Waals surface area contributed by atoms with Gasteiger partial charge in [-0.05, 0) is 64.3 Å². The van der Waals surface area contributed by atoms with E-state index in [-0.39, 0.29) is 11.3 Å². The van der Waals surface area contributed by atoms with Crippen LogP contribution < -0.4 is 9.64 Å². The van der Waals surface area contributed by atoms with Gasteiger partial charge in [-0.2, -0.15) is 0 Å². The Bertz CT molecular complexity index is 738. The number of hydrogen-bond donors (Lipinski definition) is 0. The maximum Gasteiger partial charge on any atom is 0.238 e. The predicted molar refractivity (Wildman–Crippen MR) is 104 cm³/mol. The summed E-state index contributed by atoms with van der Waals surface area (Å²) in [6, 6.07) is 13.4. The van der Waals surface area contributed by atoms with Crippen LogP contribution in [0.4, 0.5) is 5.69 Å². The molecule has 1 aliphatic heterocycles. The molecule has 1 atom stereocenters. The molecular formula is C18H17BrClNO2S. The van der Waals surface area contributed by atoms with E-state index < -0.39 is 0 Å². The maximum absolute atomic E-state index is 12.4. The number of ether oxygens (including phenoxy) is 1. The van der Waals surface area contributed by atoms with E-state index in [1.165, 1.54) is 0 Å². The highest BCUT2D eigenvalue weighted by molar-refractivity contribution is 9.10. The van der Waals surface area contributed by atoms with Gasteiger partial charge in [-0.15, -0.1) is 11.8 Å². The normalized spacial score (nSPS) is 17.4. The molecule has 1 fully saturated rings. The molecule has 3 rings (SSSR count). The average molecular weight is 427 g/mol. The van der Waals surface area contributed by atoms with E-state index >= 15 is 0 Å². The van der Waals surface area contributed by atoms with Crippen LogP contribution in [0.1, 0.15) is 24.3 Å². The smallest absolute Gasteiger partial charge is 0.238 e. The molecule has 0 aromatic heterocycles. The van der Waals surface area contributed by atoms with Crippen LogP contribution in [0.2, 0.25) is 5.02 Å². The van der Waals surface area contributed by atoms with Crippen LogP contribution in [0.5, 0.6) is 5.75 Å². The fourth-order valence-electron chi connectivity index (χ4n) is 2.55. The minimum atomic E-state index is -0.0461. The van der Waals surface area contributed by atoms with Crippen molar-refractivity contribution in [3.05, 3.63) is 57.5 Å². The van der Waals surface area contributed by atoms with E-state index in [2.05, 4.69) is 22.9 Å². The van der Waals surface area contributed by atoms with E-state index in [0.29, 0.717) is 17.4 Å². The molecule has 0 N–H and O–H groups in total. The molecule has 0 saturated carbocycles. The Morgan fingerprint density at radius 1 is 1.29 bits per heavy atom. The van der Waals surface area contributed by atoms with E-state index in [9.17, 15) is 4.79 Å². The van der Waals surface area contributed by atoms with Gasteiger partial charge in [0, 0.05) is 10.7 Å². The summed E-state index contributed by atoms with van der Waals surface area (Å²) in [6.07, 6.45) is 0.964. The highest BCUT2D eigenvalue weighted by Gasteiger charge is 2.34. The molecule has 0 spiro atoms. The lowest BCUT2D eigenvalue weighted by atomic mass is 10.1. The molecule has 2 aromatic rings. The number of benzene rings is 2. The number of thioether (sulfide) groups is 1. The van der Waals surface area contributed by atoms with Crippen LogP contribution in [-0.4, -0.2) is 18.3 Å². The summed E-state index contributed by atoms with van der Waals surface area (Å²) in [5.74, 6) is 1.40. The molecule has 0 unspecified atom stereocenters. The molecule has 0 radical (unpaired) electrons. The first-order valence-electron chi connectivity index (χ1n) is 7.71. The summed E-state index contributed by atoms with van der Waals surface area (Å²) in [4.78, 5) is 14.2. The van der Waals surface area contributed by atoms with Crippen molar-refractivity contribution in [1.82, 2.24) is 0 Å². The van der Waals surface area contributed by atoms with Crippen LogP contribution in [0.3, 0.4) is 0 Å². The zero-order chi connectivity index (χ0) is 17.1. The second-order valence-electron chi connectivity index (χ2n) is 5.44. The van der Waals surface area contributed by atoms with Crippen molar-refractivity contribution in [3.63, 3.8) is 0 Å². The molecular weight excluding hydrogens is 410 g/mol. The van der Waals surface area contributed by atoms with Crippen molar-refractivity contribution in [1.29, 1.82) is 0 Å².